The molecule has 1 aromatic carbocycles. The first-order valence-corrected chi connectivity index (χ1v) is 10.0. The van der Waals surface area contributed by atoms with Crippen molar-refractivity contribution in [3.05, 3.63) is 70.1 Å². The summed E-state index contributed by atoms with van der Waals surface area (Å²) in [6, 6.07) is 11.3. The van der Waals surface area contributed by atoms with Crippen LogP contribution in [-0.4, -0.2) is 33.7 Å². The smallest absolute Gasteiger partial charge is 0.293 e. The number of pyridine rings is 1. The summed E-state index contributed by atoms with van der Waals surface area (Å²) in [6.07, 6.45) is 3.44. The third-order valence-corrected chi connectivity index (χ3v) is 5.57. The highest BCUT2D eigenvalue weighted by Crippen LogP contribution is 2.32. The van der Waals surface area contributed by atoms with Crippen LogP contribution in [0.4, 0.5) is 11.5 Å². The van der Waals surface area contributed by atoms with E-state index < -0.39 is 0 Å². The van der Waals surface area contributed by atoms with Crippen LogP contribution < -0.4 is 16.2 Å². The van der Waals surface area contributed by atoms with Gasteiger partial charge >= 0.3 is 0 Å². The van der Waals surface area contributed by atoms with Gasteiger partial charge in [-0.25, -0.2) is 9.83 Å². The van der Waals surface area contributed by atoms with E-state index in [9.17, 15) is 4.79 Å². The molecule has 0 atom stereocenters. The molecular formula is C23H24N6O. The number of aryl methyl sites for hydroxylation is 1. The highest BCUT2D eigenvalue weighted by molar-refractivity contribution is 5.79. The van der Waals surface area contributed by atoms with E-state index in [0.717, 1.165) is 29.7 Å². The molecule has 0 saturated carbocycles. The minimum absolute atomic E-state index is 0.137. The zero-order valence-corrected chi connectivity index (χ0v) is 17.2. The van der Waals surface area contributed by atoms with Gasteiger partial charge in [-0.05, 0) is 37.5 Å². The molecule has 0 unspecified atom stereocenters. The second-order valence-corrected chi connectivity index (χ2v) is 7.67. The Morgan fingerprint density at radius 3 is 2.37 bits per heavy atom. The molecule has 2 aromatic heterocycles. The number of nitrogens with two attached hydrogens (primary N) is 1. The predicted octanol–water partition coefficient (Wildman–Crippen LogP) is 3.30. The molecule has 0 radical (unpaired) electrons. The van der Waals surface area contributed by atoms with Crippen LogP contribution in [0.3, 0.4) is 0 Å². The molecule has 152 valence electrons. The van der Waals surface area contributed by atoms with Gasteiger partial charge in [0.15, 0.2) is 11.5 Å². The minimum atomic E-state index is -0.137. The molecule has 0 spiro atoms. The molecule has 3 heterocycles. The summed E-state index contributed by atoms with van der Waals surface area (Å²) >= 11 is 0. The van der Waals surface area contributed by atoms with Gasteiger partial charge in [-0.2, -0.15) is 0 Å². The van der Waals surface area contributed by atoms with Crippen LogP contribution in [0.1, 0.15) is 18.5 Å². The van der Waals surface area contributed by atoms with E-state index in [1.807, 2.05) is 36.1 Å². The van der Waals surface area contributed by atoms with Crippen molar-refractivity contribution in [1.82, 2.24) is 14.5 Å². The fourth-order valence-corrected chi connectivity index (χ4v) is 3.77. The molecule has 0 amide bonds. The van der Waals surface area contributed by atoms with Crippen molar-refractivity contribution in [1.29, 1.82) is 0 Å². The number of rotatable bonds is 3. The molecule has 1 saturated heterocycles. The van der Waals surface area contributed by atoms with Gasteiger partial charge in [-0.1, -0.05) is 24.3 Å². The van der Waals surface area contributed by atoms with Gasteiger partial charge in [0.05, 0.1) is 18.0 Å². The first-order valence-electron chi connectivity index (χ1n) is 10.0. The van der Waals surface area contributed by atoms with Gasteiger partial charge in [-0.3, -0.25) is 9.78 Å². The molecule has 0 bridgehead atoms. The lowest BCUT2D eigenvalue weighted by Crippen LogP contribution is -2.43. The van der Waals surface area contributed by atoms with Crippen molar-refractivity contribution in [3.63, 3.8) is 0 Å². The summed E-state index contributed by atoms with van der Waals surface area (Å²) in [5.74, 6) is 0.442. The maximum absolute atomic E-state index is 13.3. The largest absolute Gasteiger partial charge is 0.352 e. The van der Waals surface area contributed by atoms with Crippen LogP contribution in [0.15, 0.2) is 47.4 Å². The summed E-state index contributed by atoms with van der Waals surface area (Å²) in [6.45, 7) is 10.6. The Bertz CT molecular complexity index is 1150. The van der Waals surface area contributed by atoms with Crippen LogP contribution in [0, 0.1) is 13.5 Å². The zero-order valence-electron chi connectivity index (χ0n) is 17.2. The summed E-state index contributed by atoms with van der Waals surface area (Å²) < 4.78 is 1.65. The molecule has 1 aliphatic rings. The molecule has 2 N–H and O–H groups in total. The summed E-state index contributed by atoms with van der Waals surface area (Å²) in [4.78, 5) is 28.0. The van der Waals surface area contributed by atoms with Crippen molar-refractivity contribution >= 4 is 11.5 Å². The molecule has 4 rings (SSSR count). The van der Waals surface area contributed by atoms with E-state index >= 15 is 0 Å². The quantitative estimate of drug-likeness (QED) is 0.682. The topological polar surface area (TPSA) is 81.4 Å². The molecule has 30 heavy (non-hydrogen) atoms. The van der Waals surface area contributed by atoms with Crippen molar-refractivity contribution in [2.45, 2.75) is 25.8 Å². The highest BCUT2D eigenvalue weighted by Gasteiger charge is 2.24. The average Bonchev–Trinajstić information content (AvgIpc) is 2.77. The molecule has 0 aliphatic carbocycles. The van der Waals surface area contributed by atoms with Crippen LogP contribution in [-0.2, 0) is 7.05 Å². The number of nitrogens with zero attached hydrogens (tertiary/aromatic N) is 5. The van der Waals surface area contributed by atoms with E-state index in [0.29, 0.717) is 36.0 Å². The minimum Gasteiger partial charge on any atom is -0.352 e. The van der Waals surface area contributed by atoms with E-state index in [2.05, 4.69) is 9.83 Å². The number of aromatic nitrogens is 3. The monoisotopic (exact) mass is 400 g/mol. The van der Waals surface area contributed by atoms with Crippen molar-refractivity contribution < 1.29 is 0 Å². The van der Waals surface area contributed by atoms with Crippen LogP contribution >= 0.6 is 0 Å². The number of benzene rings is 1. The third kappa shape index (κ3) is 3.70. The fourth-order valence-electron chi connectivity index (χ4n) is 3.77. The summed E-state index contributed by atoms with van der Waals surface area (Å²) in [5.41, 5.74) is 10.5. The van der Waals surface area contributed by atoms with Crippen molar-refractivity contribution in [2.75, 3.05) is 18.0 Å². The van der Waals surface area contributed by atoms with Crippen molar-refractivity contribution in [3.8, 4) is 22.5 Å². The number of hydrogen-bond donors (Lipinski definition) is 1. The average molecular weight is 400 g/mol. The molecule has 7 nitrogen and oxygen atoms in total. The molecule has 1 aliphatic heterocycles. The lowest BCUT2D eigenvalue weighted by Gasteiger charge is -2.31. The van der Waals surface area contributed by atoms with Gasteiger partial charge in [-0.15, -0.1) is 0 Å². The van der Waals surface area contributed by atoms with Gasteiger partial charge in [0.2, 0.25) is 0 Å². The maximum Gasteiger partial charge on any atom is 0.293 e. The van der Waals surface area contributed by atoms with Gasteiger partial charge in [0.1, 0.15) is 0 Å². The van der Waals surface area contributed by atoms with Crippen LogP contribution in [0.5, 0.6) is 0 Å². The number of piperidine rings is 1. The Morgan fingerprint density at radius 2 is 1.77 bits per heavy atom. The fraction of sp³-hybridized carbons (Fsp3) is 0.304. The summed E-state index contributed by atoms with van der Waals surface area (Å²) in [7, 11) is 1.77. The number of hydrogen-bond acceptors (Lipinski definition) is 5. The van der Waals surface area contributed by atoms with E-state index in [1.54, 1.807) is 29.9 Å². The zero-order chi connectivity index (χ0) is 21.3. The summed E-state index contributed by atoms with van der Waals surface area (Å²) in [5, 5.41) is 0. The first-order chi connectivity index (χ1) is 14.5. The molecular weight excluding hydrogens is 376 g/mol. The Labute approximate surface area is 175 Å². The normalized spacial score (nSPS) is 14.5. The van der Waals surface area contributed by atoms with Crippen LogP contribution in [0.2, 0.25) is 0 Å². The van der Waals surface area contributed by atoms with Gasteiger partial charge in [0.25, 0.3) is 5.56 Å². The second kappa shape index (κ2) is 8.09. The van der Waals surface area contributed by atoms with Crippen molar-refractivity contribution in [2.24, 2.45) is 12.8 Å². The predicted molar refractivity (Wildman–Crippen MR) is 119 cm³/mol. The molecule has 3 aromatic rings. The molecule has 7 heteroatoms. The first kappa shape index (κ1) is 19.8. The Hall–Kier alpha value is -3.50. The maximum atomic E-state index is 13.3. The Morgan fingerprint density at radius 1 is 1.10 bits per heavy atom. The lowest BCUT2D eigenvalue weighted by atomic mass is 10.0. The van der Waals surface area contributed by atoms with E-state index in [4.69, 9.17) is 17.3 Å². The van der Waals surface area contributed by atoms with Gasteiger partial charge in [0, 0.05) is 43.6 Å². The lowest BCUT2D eigenvalue weighted by molar-refractivity contribution is 0.496. The standard InChI is InChI=1S/C23H24N6O/c1-15-4-5-17(14-26-15)21-20(16-6-8-19(25-2)9-7-16)27-22(23(30)28(21)3)29-12-10-18(24)11-13-29/h4-9,14,18H,10-13,24H2,1,3H3. The second-order valence-electron chi connectivity index (χ2n) is 7.67. The SMILES string of the molecule is [C-]#[N+]c1ccc(-c2nc(N3CCC(N)CC3)c(=O)n(C)c2-c2ccc(C)nc2)cc1. The van der Waals surface area contributed by atoms with Gasteiger partial charge < -0.3 is 15.2 Å². The Balaban J connectivity index is 1.92. The number of anilines is 1. The third-order valence-electron chi connectivity index (χ3n) is 5.57. The molecule has 1 fully saturated rings. The van der Waals surface area contributed by atoms with Crippen LogP contribution in [0.25, 0.3) is 27.4 Å². The Kier molecular flexibility index (Phi) is 5.34. The highest BCUT2D eigenvalue weighted by atomic mass is 16.1. The van der Waals surface area contributed by atoms with E-state index in [1.165, 1.54) is 0 Å². The van der Waals surface area contributed by atoms with E-state index in [-0.39, 0.29) is 11.6 Å².